The maximum Gasteiger partial charge on any atom is 0.315 e. The Morgan fingerprint density at radius 3 is 2.77 bits per heavy atom. The van der Waals surface area contributed by atoms with Crippen LogP contribution in [0.5, 0.6) is 0 Å². The fourth-order valence-corrected chi connectivity index (χ4v) is 3.77. The van der Waals surface area contributed by atoms with Crippen LogP contribution >= 0.6 is 0 Å². The van der Waals surface area contributed by atoms with Crippen LogP contribution in [0.1, 0.15) is 53.9 Å². The Labute approximate surface area is 134 Å². The summed E-state index contributed by atoms with van der Waals surface area (Å²) in [6.07, 6.45) is 2.93. The molecule has 2 fully saturated rings. The molecular formula is C17H32N2O3. The van der Waals surface area contributed by atoms with E-state index in [4.69, 9.17) is 4.74 Å². The highest BCUT2D eigenvalue weighted by Gasteiger charge is 2.59. The van der Waals surface area contributed by atoms with Gasteiger partial charge in [-0.3, -0.25) is 0 Å². The van der Waals surface area contributed by atoms with Crippen molar-refractivity contribution in [2.45, 2.75) is 71.6 Å². The minimum atomic E-state index is -0.851. The fraction of sp³-hybridized carbons (Fsp3) is 0.941. The SMILES string of the molecule is CC(C)CCC(C)(O)CNC(=O)NC1C2CCOC2C1(C)C. The zero-order chi connectivity index (χ0) is 16.5. The lowest BCUT2D eigenvalue weighted by Crippen LogP contribution is -2.68. The molecule has 2 aliphatic rings. The first-order valence-electron chi connectivity index (χ1n) is 8.52. The first-order chi connectivity index (χ1) is 10.1. The largest absolute Gasteiger partial charge is 0.388 e. The van der Waals surface area contributed by atoms with E-state index in [0.29, 0.717) is 18.3 Å². The number of urea groups is 1. The van der Waals surface area contributed by atoms with Gasteiger partial charge in [0.25, 0.3) is 0 Å². The van der Waals surface area contributed by atoms with Gasteiger partial charge in [-0.25, -0.2) is 4.79 Å². The van der Waals surface area contributed by atoms with Gasteiger partial charge < -0.3 is 20.5 Å². The molecule has 0 radical (unpaired) electrons. The lowest BCUT2D eigenvalue weighted by molar-refractivity contribution is -0.108. The second kappa shape index (κ2) is 6.36. The van der Waals surface area contributed by atoms with Crippen LogP contribution < -0.4 is 10.6 Å². The van der Waals surface area contributed by atoms with Crippen molar-refractivity contribution in [3.63, 3.8) is 0 Å². The Morgan fingerprint density at radius 2 is 2.14 bits per heavy atom. The molecule has 0 spiro atoms. The van der Waals surface area contributed by atoms with Crippen molar-refractivity contribution in [3.05, 3.63) is 0 Å². The fourth-order valence-electron chi connectivity index (χ4n) is 3.77. The predicted molar refractivity (Wildman–Crippen MR) is 86.6 cm³/mol. The highest BCUT2D eigenvalue weighted by molar-refractivity contribution is 5.74. The molecule has 0 bridgehead atoms. The summed E-state index contributed by atoms with van der Waals surface area (Å²) in [5.74, 6) is 0.984. The van der Waals surface area contributed by atoms with Gasteiger partial charge in [-0.05, 0) is 32.1 Å². The number of carbonyl (C=O) groups is 1. The van der Waals surface area contributed by atoms with Gasteiger partial charge in [0.1, 0.15) is 0 Å². The number of fused-ring (bicyclic) bond motifs is 1. The standard InChI is InChI=1S/C17H32N2O3/c1-11(2)6-8-17(5,21)10-18-15(20)19-13-12-7-9-22-14(12)16(13,3)4/h11-14,21H,6-10H2,1-5H3,(H2,18,19,20). The van der Waals surface area contributed by atoms with Crippen LogP contribution in [0.15, 0.2) is 0 Å². The van der Waals surface area contributed by atoms with Crippen molar-refractivity contribution in [2.24, 2.45) is 17.3 Å². The van der Waals surface area contributed by atoms with Gasteiger partial charge in [0.15, 0.2) is 0 Å². The quantitative estimate of drug-likeness (QED) is 0.705. The smallest absolute Gasteiger partial charge is 0.315 e. The third-order valence-electron chi connectivity index (χ3n) is 5.28. The minimum Gasteiger partial charge on any atom is -0.388 e. The van der Waals surface area contributed by atoms with Gasteiger partial charge in [-0.2, -0.15) is 0 Å². The van der Waals surface area contributed by atoms with Gasteiger partial charge in [0, 0.05) is 30.5 Å². The van der Waals surface area contributed by atoms with Crippen LogP contribution in [0.2, 0.25) is 0 Å². The molecule has 2 rings (SSSR count). The van der Waals surface area contributed by atoms with Crippen molar-refractivity contribution in [1.82, 2.24) is 10.6 Å². The van der Waals surface area contributed by atoms with E-state index >= 15 is 0 Å². The molecule has 5 heteroatoms. The molecule has 1 heterocycles. The van der Waals surface area contributed by atoms with Gasteiger partial charge >= 0.3 is 6.03 Å². The molecule has 0 aromatic rings. The van der Waals surface area contributed by atoms with E-state index in [1.54, 1.807) is 6.92 Å². The second-order valence-electron chi connectivity index (χ2n) is 8.30. The van der Waals surface area contributed by atoms with E-state index in [0.717, 1.165) is 19.4 Å². The molecule has 5 nitrogen and oxygen atoms in total. The molecule has 1 aliphatic heterocycles. The van der Waals surface area contributed by atoms with E-state index in [1.165, 1.54) is 0 Å². The number of aliphatic hydroxyl groups is 1. The molecular weight excluding hydrogens is 280 g/mol. The third-order valence-corrected chi connectivity index (χ3v) is 5.28. The number of carbonyl (C=O) groups excluding carboxylic acids is 1. The van der Waals surface area contributed by atoms with E-state index in [-0.39, 0.29) is 30.1 Å². The van der Waals surface area contributed by atoms with Crippen LogP contribution in [0, 0.1) is 17.3 Å². The monoisotopic (exact) mass is 312 g/mol. The lowest BCUT2D eigenvalue weighted by atomic mass is 9.57. The molecule has 1 saturated heterocycles. The summed E-state index contributed by atoms with van der Waals surface area (Å²) in [6, 6.07) is -0.0335. The summed E-state index contributed by atoms with van der Waals surface area (Å²) in [7, 11) is 0. The summed E-state index contributed by atoms with van der Waals surface area (Å²) in [6.45, 7) is 11.4. The van der Waals surface area contributed by atoms with E-state index in [1.807, 2.05) is 0 Å². The molecule has 22 heavy (non-hydrogen) atoms. The average Bonchev–Trinajstić information content (AvgIpc) is 2.87. The number of hydrogen-bond acceptors (Lipinski definition) is 3. The van der Waals surface area contributed by atoms with Crippen molar-refractivity contribution in [2.75, 3.05) is 13.2 Å². The van der Waals surface area contributed by atoms with Crippen LogP contribution in [0.25, 0.3) is 0 Å². The van der Waals surface area contributed by atoms with Crippen molar-refractivity contribution in [3.8, 4) is 0 Å². The highest BCUT2D eigenvalue weighted by Crippen LogP contribution is 2.52. The molecule has 1 saturated carbocycles. The lowest BCUT2D eigenvalue weighted by Gasteiger charge is -2.54. The molecule has 4 atom stereocenters. The second-order valence-corrected chi connectivity index (χ2v) is 8.30. The third kappa shape index (κ3) is 3.74. The van der Waals surface area contributed by atoms with Crippen LogP contribution in [0.4, 0.5) is 4.79 Å². The van der Waals surface area contributed by atoms with Crippen LogP contribution in [-0.4, -0.2) is 42.0 Å². The highest BCUT2D eigenvalue weighted by atomic mass is 16.5. The normalized spacial score (nSPS) is 32.0. The van der Waals surface area contributed by atoms with E-state index in [2.05, 4.69) is 38.3 Å². The maximum atomic E-state index is 12.1. The molecule has 4 unspecified atom stereocenters. The number of rotatable bonds is 6. The van der Waals surface area contributed by atoms with E-state index in [9.17, 15) is 9.90 Å². The number of hydrogen-bond donors (Lipinski definition) is 3. The van der Waals surface area contributed by atoms with Gasteiger partial charge in [0.05, 0.1) is 11.7 Å². The molecule has 3 N–H and O–H groups in total. The number of amides is 2. The maximum absolute atomic E-state index is 12.1. The van der Waals surface area contributed by atoms with Crippen LogP contribution in [0.3, 0.4) is 0 Å². The zero-order valence-electron chi connectivity index (χ0n) is 14.6. The predicted octanol–water partition coefficient (Wildman–Crippen LogP) is 2.29. The Kier molecular flexibility index (Phi) is 5.07. The van der Waals surface area contributed by atoms with Gasteiger partial charge in [0.2, 0.25) is 0 Å². The van der Waals surface area contributed by atoms with Gasteiger partial charge in [-0.15, -0.1) is 0 Å². The number of ether oxygens (including phenoxy) is 1. The summed E-state index contributed by atoms with van der Waals surface area (Å²) in [4.78, 5) is 12.1. The summed E-state index contributed by atoms with van der Waals surface area (Å²) in [5, 5.41) is 16.2. The molecule has 1 aliphatic carbocycles. The summed E-state index contributed by atoms with van der Waals surface area (Å²) < 4.78 is 5.74. The first kappa shape index (κ1) is 17.5. The Bertz CT molecular complexity index is 407. The van der Waals surface area contributed by atoms with Crippen LogP contribution in [-0.2, 0) is 4.74 Å². The molecule has 0 aromatic carbocycles. The molecule has 0 aromatic heterocycles. The van der Waals surface area contributed by atoms with Crippen molar-refractivity contribution < 1.29 is 14.6 Å². The zero-order valence-corrected chi connectivity index (χ0v) is 14.6. The average molecular weight is 312 g/mol. The number of nitrogens with one attached hydrogen (secondary N) is 2. The molecule has 128 valence electrons. The summed E-state index contributed by atoms with van der Waals surface area (Å²) >= 11 is 0. The Balaban J connectivity index is 1.76. The van der Waals surface area contributed by atoms with E-state index < -0.39 is 5.60 Å². The van der Waals surface area contributed by atoms with Crippen molar-refractivity contribution >= 4 is 6.03 Å². The minimum absolute atomic E-state index is 0.0152. The molecule has 2 amide bonds. The first-order valence-corrected chi connectivity index (χ1v) is 8.52. The topological polar surface area (TPSA) is 70.6 Å². The van der Waals surface area contributed by atoms with Crippen molar-refractivity contribution in [1.29, 1.82) is 0 Å². The Hall–Kier alpha value is -0.810. The summed E-state index contributed by atoms with van der Waals surface area (Å²) in [5.41, 5.74) is -0.867. The van der Waals surface area contributed by atoms with Gasteiger partial charge in [-0.1, -0.05) is 27.7 Å². The Morgan fingerprint density at radius 1 is 1.45 bits per heavy atom.